The van der Waals surface area contributed by atoms with Crippen molar-refractivity contribution in [3.8, 4) is 11.3 Å². The Morgan fingerprint density at radius 3 is 2.63 bits per heavy atom. The molecule has 0 radical (unpaired) electrons. The Bertz CT molecular complexity index is 1570. The molecule has 210 valence electrons. The van der Waals surface area contributed by atoms with Crippen LogP contribution in [0.15, 0.2) is 73.1 Å². The molecule has 0 bridgehead atoms. The van der Waals surface area contributed by atoms with Crippen LogP contribution in [-0.4, -0.2) is 63.5 Å². The van der Waals surface area contributed by atoms with Crippen molar-refractivity contribution in [2.45, 2.75) is 50.7 Å². The summed E-state index contributed by atoms with van der Waals surface area (Å²) in [4.78, 5) is 45.4. The molecular weight excluding hydrogens is 514 g/mol. The lowest BCUT2D eigenvalue weighted by atomic mass is 9.88. The fourth-order valence-corrected chi connectivity index (χ4v) is 6.25. The molecule has 8 heteroatoms. The van der Waals surface area contributed by atoms with Gasteiger partial charge in [-0.3, -0.25) is 14.5 Å². The number of benzene rings is 2. The van der Waals surface area contributed by atoms with E-state index in [2.05, 4.69) is 63.4 Å². The van der Waals surface area contributed by atoms with Crippen LogP contribution < -0.4 is 5.32 Å². The van der Waals surface area contributed by atoms with Crippen LogP contribution in [0, 0.1) is 0 Å². The molecule has 2 amide bonds. The number of pyridine rings is 1. The summed E-state index contributed by atoms with van der Waals surface area (Å²) in [5, 5.41) is 2.64. The lowest BCUT2D eigenvalue weighted by molar-refractivity contribution is -0.125. The third-order valence-electron chi connectivity index (χ3n) is 8.49. The molecule has 2 aliphatic rings. The van der Waals surface area contributed by atoms with Gasteiger partial charge in [-0.2, -0.15) is 0 Å². The van der Waals surface area contributed by atoms with Gasteiger partial charge in [0.1, 0.15) is 18.0 Å². The molecule has 2 aromatic carbocycles. The summed E-state index contributed by atoms with van der Waals surface area (Å²) in [5.74, 6) is 0.0751. The predicted molar refractivity (Wildman–Crippen MR) is 157 cm³/mol. The standard InChI is InChI=1S/C33H35N5O3/c1-34-32(40)30(8-5-17-39)38-21-27-18-26(10-11-28(27)33(38)41)24-13-15-36(16-14-24)19-23-9-12-31-35-29(22-37(31)20-23)25-6-3-2-4-7-25/h2-4,6-7,9-12,17-18,20,22,24,30H,5,8,13-16,19,21H2,1H3,(H,34,40). The van der Waals surface area contributed by atoms with Crippen LogP contribution in [0.2, 0.25) is 0 Å². The van der Waals surface area contributed by atoms with Crippen molar-refractivity contribution in [1.82, 2.24) is 24.5 Å². The number of likely N-dealkylation sites (N-methyl/N-ethyl adjacent to an activating group) is 1. The Morgan fingerprint density at radius 1 is 1.07 bits per heavy atom. The van der Waals surface area contributed by atoms with Gasteiger partial charge in [0, 0.05) is 50.1 Å². The highest BCUT2D eigenvalue weighted by Crippen LogP contribution is 2.33. The molecule has 1 saturated heterocycles. The maximum Gasteiger partial charge on any atom is 0.255 e. The number of aldehydes is 1. The van der Waals surface area contributed by atoms with Crippen molar-refractivity contribution in [2.24, 2.45) is 0 Å². The van der Waals surface area contributed by atoms with E-state index in [1.54, 1.807) is 11.9 Å². The number of rotatable bonds is 9. The van der Waals surface area contributed by atoms with Crippen LogP contribution in [0.25, 0.3) is 16.9 Å². The highest BCUT2D eigenvalue weighted by Gasteiger charge is 2.36. The molecule has 0 saturated carbocycles. The average Bonchev–Trinajstić information content (AvgIpc) is 3.58. The van der Waals surface area contributed by atoms with Gasteiger partial charge in [-0.25, -0.2) is 4.98 Å². The highest BCUT2D eigenvalue weighted by atomic mass is 16.2. The van der Waals surface area contributed by atoms with Gasteiger partial charge in [0.2, 0.25) is 5.91 Å². The van der Waals surface area contributed by atoms with Crippen molar-refractivity contribution in [3.63, 3.8) is 0 Å². The summed E-state index contributed by atoms with van der Waals surface area (Å²) in [6.45, 7) is 3.32. The second-order valence-corrected chi connectivity index (χ2v) is 11.1. The SMILES string of the molecule is CNC(=O)C(CCC=O)N1Cc2cc(C3CCN(Cc4ccc5nc(-c6ccccc6)cn5c4)CC3)ccc2C1=O. The Labute approximate surface area is 240 Å². The van der Waals surface area contributed by atoms with Crippen LogP contribution in [-0.2, 0) is 22.7 Å². The van der Waals surface area contributed by atoms with Gasteiger partial charge in [0.15, 0.2) is 0 Å². The van der Waals surface area contributed by atoms with Crippen molar-refractivity contribution < 1.29 is 14.4 Å². The minimum atomic E-state index is -0.636. The number of carbonyl (C=O) groups is 3. The Morgan fingerprint density at radius 2 is 1.88 bits per heavy atom. The van der Waals surface area contributed by atoms with Gasteiger partial charge in [-0.1, -0.05) is 48.5 Å². The topological polar surface area (TPSA) is 87.0 Å². The number of imidazole rings is 1. The molecule has 2 aliphatic heterocycles. The second kappa shape index (κ2) is 11.7. The first-order chi connectivity index (χ1) is 20.0. The molecule has 0 aliphatic carbocycles. The molecule has 6 rings (SSSR count). The van der Waals surface area contributed by atoms with Crippen molar-refractivity contribution in [2.75, 3.05) is 20.1 Å². The largest absolute Gasteiger partial charge is 0.357 e. The third kappa shape index (κ3) is 5.52. The number of hydrogen-bond acceptors (Lipinski definition) is 5. The first-order valence-electron chi connectivity index (χ1n) is 14.4. The van der Waals surface area contributed by atoms with Crippen LogP contribution in [0.4, 0.5) is 0 Å². The zero-order valence-electron chi connectivity index (χ0n) is 23.3. The van der Waals surface area contributed by atoms with E-state index in [0.29, 0.717) is 24.4 Å². The van der Waals surface area contributed by atoms with Gasteiger partial charge < -0.3 is 19.4 Å². The van der Waals surface area contributed by atoms with Gasteiger partial charge in [-0.15, -0.1) is 0 Å². The first-order valence-corrected chi connectivity index (χ1v) is 14.4. The number of carbonyl (C=O) groups excluding carboxylic acids is 3. The van der Waals surface area contributed by atoms with Gasteiger partial charge in [0.25, 0.3) is 5.91 Å². The summed E-state index contributed by atoms with van der Waals surface area (Å²) in [5.41, 5.74) is 7.21. The monoisotopic (exact) mass is 549 g/mol. The summed E-state index contributed by atoms with van der Waals surface area (Å²) in [6.07, 6.45) is 7.77. The molecule has 2 aromatic heterocycles. The van der Waals surface area contributed by atoms with E-state index in [4.69, 9.17) is 4.98 Å². The molecule has 1 unspecified atom stereocenters. The molecule has 41 heavy (non-hydrogen) atoms. The molecule has 4 heterocycles. The van der Waals surface area contributed by atoms with Crippen LogP contribution in [0.3, 0.4) is 0 Å². The van der Waals surface area contributed by atoms with E-state index in [-0.39, 0.29) is 18.2 Å². The number of amides is 2. The second-order valence-electron chi connectivity index (χ2n) is 11.1. The van der Waals surface area contributed by atoms with E-state index >= 15 is 0 Å². The number of likely N-dealkylation sites (tertiary alicyclic amines) is 1. The summed E-state index contributed by atoms with van der Waals surface area (Å²) in [7, 11) is 1.56. The summed E-state index contributed by atoms with van der Waals surface area (Å²) >= 11 is 0. The van der Waals surface area contributed by atoms with Gasteiger partial charge in [-0.05, 0) is 67.1 Å². The molecule has 1 N–H and O–H groups in total. The number of nitrogens with zero attached hydrogens (tertiary/aromatic N) is 4. The Balaban J connectivity index is 1.08. The lowest BCUT2D eigenvalue weighted by Gasteiger charge is -2.32. The Kier molecular flexibility index (Phi) is 7.65. The maximum absolute atomic E-state index is 13.1. The minimum absolute atomic E-state index is 0.133. The third-order valence-corrected chi connectivity index (χ3v) is 8.49. The van der Waals surface area contributed by atoms with Crippen LogP contribution in [0.5, 0.6) is 0 Å². The smallest absolute Gasteiger partial charge is 0.255 e. The zero-order chi connectivity index (χ0) is 28.3. The molecular formula is C33H35N5O3. The molecule has 8 nitrogen and oxygen atoms in total. The zero-order valence-corrected chi connectivity index (χ0v) is 23.3. The number of fused-ring (bicyclic) bond motifs is 2. The number of nitrogens with one attached hydrogen (secondary N) is 1. The van der Waals surface area contributed by atoms with Gasteiger partial charge >= 0.3 is 0 Å². The number of hydrogen-bond donors (Lipinski definition) is 1. The van der Waals surface area contributed by atoms with E-state index < -0.39 is 6.04 Å². The van der Waals surface area contributed by atoms with E-state index in [1.165, 1.54) is 11.1 Å². The predicted octanol–water partition coefficient (Wildman–Crippen LogP) is 4.43. The quantitative estimate of drug-likeness (QED) is 0.312. The highest BCUT2D eigenvalue weighted by molar-refractivity contribution is 6.01. The van der Waals surface area contributed by atoms with E-state index in [9.17, 15) is 14.4 Å². The summed E-state index contributed by atoms with van der Waals surface area (Å²) in [6, 6.07) is 20.0. The molecule has 1 atom stereocenters. The van der Waals surface area contributed by atoms with Crippen molar-refractivity contribution in [1.29, 1.82) is 0 Å². The number of piperidine rings is 1. The van der Waals surface area contributed by atoms with E-state index in [1.807, 2.05) is 24.3 Å². The van der Waals surface area contributed by atoms with Gasteiger partial charge in [0.05, 0.1) is 5.69 Å². The maximum atomic E-state index is 13.1. The molecule has 4 aromatic rings. The summed E-state index contributed by atoms with van der Waals surface area (Å²) < 4.78 is 2.12. The lowest BCUT2D eigenvalue weighted by Crippen LogP contribution is -2.46. The Hall–Kier alpha value is -4.30. The fraction of sp³-hybridized carbons (Fsp3) is 0.333. The molecule has 1 fully saturated rings. The van der Waals surface area contributed by atoms with Crippen molar-refractivity contribution in [3.05, 3.63) is 95.3 Å². The van der Waals surface area contributed by atoms with Crippen LogP contribution in [0.1, 0.15) is 58.6 Å². The minimum Gasteiger partial charge on any atom is -0.357 e. The normalized spacial score (nSPS) is 16.6. The number of aromatic nitrogens is 2. The molecule has 0 spiro atoms. The fourth-order valence-electron chi connectivity index (χ4n) is 6.25. The van der Waals surface area contributed by atoms with E-state index in [0.717, 1.165) is 61.2 Å². The average molecular weight is 550 g/mol. The van der Waals surface area contributed by atoms with Crippen molar-refractivity contribution >= 4 is 23.7 Å². The first kappa shape index (κ1) is 26.9. The van der Waals surface area contributed by atoms with Crippen LogP contribution >= 0.6 is 0 Å².